The van der Waals surface area contributed by atoms with E-state index in [1.54, 1.807) is 19.1 Å². The van der Waals surface area contributed by atoms with Gasteiger partial charge in [-0.2, -0.15) is 0 Å². The largest absolute Gasteiger partial charge is 0.497 e. The number of rotatable bonds is 5. The van der Waals surface area contributed by atoms with Crippen molar-refractivity contribution < 1.29 is 14.3 Å². The number of hydrogen-bond donors (Lipinski definition) is 1. The van der Waals surface area contributed by atoms with Crippen LogP contribution in [0.3, 0.4) is 0 Å². The first-order chi connectivity index (χ1) is 12.1. The topological polar surface area (TPSA) is 54.0 Å². The Bertz CT molecular complexity index is 608. The van der Waals surface area contributed by atoms with Gasteiger partial charge in [-0.15, -0.1) is 0 Å². The van der Waals surface area contributed by atoms with Crippen molar-refractivity contribution in [2.24, 2.45) is 0 Å². The van der Waals surface area contributed by atoms with E-state index in [4.69, 9.17) is 9.47 Å². The minimum atomic E-state index is -0.0182. The van der Waals surface area contributed by atoms with Gasteiger partial charge in [-0.3, -0.25) is 4.90 Å². The van der Waals surface area contributed by atoms with Crippen LogP contribution in [-0.2, 0) is 6.54 Å². The molecule has 1 aromatic rings. The molecule has 0 unspecified atom stereocenters. The number of benzene rings is 1. The lowest BCUT2D eigenvalue weighted by molar-refractivity contribution is 0.170. The van der Waals surface area contributed by atoms with Crippen LogP contribution in [0.1, 0.15) is 31.2 Å². The minimum absolute atomic E-state index is 0.0182. The van der Waals surface area contributed by atoms with Crippen LogP contribution in [0.2, 0.25) is 0 Å². The van der Waals surface area contributed by atoms with Crippen molar-refractivity contribution in [1.29, 1.82) is 0 Å². The van der Waals surface area contributed by atoms with Gasteiger partial charge in [-0.05, 0) is 37.9 Å². The monoisotopic (exact) mass is 347 g/mol. The van der Waals surface area contributed by atoms with Crippen LogP contribution in [0, 0.1) is 0 Å². The van der Waals surface area contributed by atoms with E-state index in [9.17, 15) is 4.79 Å². The summed E-state index contributed by atoms with van der Waals surface area (Å²) in [6.07, 6.45) is 4.80. The van der Waals surface area contributed by atoms with Gasteiger partial charge in [0, 0.05) is 37.3 Å². The highest BCUT2D eigenvalue weighted by Crippen LogP contribution is 2.28. The second kappa shape index (κ2) is 7.95. The number of nitrogens with zero attached hydrogens (tertiary/aromatic N) is 2. The van der Waals surface area contributed by atoms with Crippen molar-refractivity contribution in [2.75, 3.05) is 34.4 Å². The van der Waals surface area contributed by atoms with Gasteiger partial charge in [0.1, 0.15) is 11.5 Å². The number of carbonyl (C=O) groups is 1. The number of nitrogens with one attached hydrogen (secondary N) is 1. The lowest BCUT2D eigenvalue weighted by atomic mass is 9.99. The van der Waals surface area contributed by atoms with E-state index < -0.39 is 0 Å². The van der Waals surface area contributed by atoms with Gasteiger partial charge in [0.25, 0.3) is 0 Å². The first kappa shape index (κ1) is 17.9. The zero-order valence-electron chi connectivity index (χ0n) is 15.5. The number of fused-ring (bicyclic) bond motifs is 1. The Hall–Kier alpha value is -1.95. The maximum atomic E-state index is 12.6. The average molecular weight is 347 g/mol. The summed E-state index contributed by atoms with van der Waals surface area (Å²) in [6, 6.07) is 6.45. The van der Waals surface area contributed by atoms with E-state index in [0.717, 1.165) is 30.0 Å². The molecule has 0 spiro atoms. The van der Waals surface area contributed by atoms with E-state index >= 15 is 0 Å². The molecular formula is C19H29N3O3. The van der Waals surface area contributed by atoms with Gasteiger partial charge in [0.15, 0.2) is 0 Å². The smallest absolute Gasteiger partial charge is 0.317 e. The minimum Gasteiger partial charge on any atom is -0.497 e. The normalized spacial score (nSPS) is 23.0. The highest BCUT2D eigenvalue weighted by Gasteiger charge is 2.36. The zero-order chi connectivity index (χ0) is 17.8. The fraction of sp³-hybridized carbons (Fsp3) is 0.632. The van der Waals surface area contributed by atoms with Gasteiger partial charge in [0.05, 0.1) is 20.8 Å². The molecule has 2 heterocycles. The fourth-order valence-electron chi connectivity index (χ4n) is 3.99. The van der Waals surface area contributed by atoms with Crippen LogP contribution in [0.5, 0.6) is 11.5 Å². The highest BCUT2D eigenvalue weighted by atomic mass is 16.5. The Labute approximate surface area is 150 Å². The quantitative estimate of drug-likeness (QED) is 0.889. The molecule has 3 rings (SSSR count). The van der Waals surface area contributed by atoms with Gasteiger partial charge in [0.2, 0.25) is 0 Å². The zero-order valence-corrected chi connectivity index (χ0v) is 15.5. The number of methoxy groups -OCH3 is 2. The third-order valence-corrected chi connectivity index (χ3v) is 5.41. The maximum Gasteiger partial charge on any atom is 0.317 e. The number of hydrogen-bond acceptors (Lipinski definition) is 4. The Morgan fingerprint density at radius 1 is 1.24 bits per heavy atom. The molecule has 138 valence electrons. The number of carbonyl (C=O) groups excluding carboxylic acids is 1. The molecule has 25 heavy (non-hydrogen) atoms. The molecule has 0 aliphatic carbocycles. The van der Waals surface area contributed by atoms with Crippen molar-refractivity contribution in [1.82, 2.24) is 15.1 Å². The van der Waals surface area contributed by atoms with Crippen molar-refractivity contribution >= 4 is 6.03 Å². The molecule has 0 saturated carbocycles. The lowest BCUT2D eigenvalue weighted by Crippen LogP contribution is -2.49. The van der Waals surface area contributed by atoms with E-state index in [0.29, 0.717) is 12.6 Å². The molecule has 0 radical (unpaired) electrons. The third-order valence-electron chi connectivity index (χ3n) is 5.41. The molecule has 2 aliphatic heterocycles. The fourth-order valence-corrected chi connectivity index (χ4v) is 3.99. The SMILES string of the molecule is COc1ccc(CN(C)C(=O)N[C@H]2CCN3CCCC[C@H]23)c(OC)c1. The van der Waals surface area contributed by atoms with Crippen LogP contribution in [0.15, 0.2) is 18.2 Å². The van der Waals surface area contributed by atoms with Crippen LogP contribution in [-0.4, -0.2) is 62.3 Å². The summed E-state index contributed by atoms with van der Waals surface area (Å²) < 4.78 is 10.7. The molecular weight excluding hydrogens is 318 g/mol. The summed E-state index contributed by atoms with van der Waals surface area (Å²) in [4.78, 5) is 16.9. The van der Waals surface area contributed by atoms with Crippen molar-refractivity contribution in [2.45, 2.75) is 44.3 Å². The second-order valence-electron chi connectivity index (χ2n) is 6.98. The number of urea groups is 1. The molecule has 1 aromatic carbocycles. The summed E-state index contributed by atoms with van der Waals surface area (Å²) in [6.45, 7) is 2.78. The Kier molecular flexibility index (Phi) is 5.68. The molecule has 6 heteroatoms. The number of piperidine rings is 1. The molecule has 2 fully saturated rings. The summed E-state index contributed by atoms with van der Waals surface area (Å²) in [7, 11) is 5.09. The Balaban J connectivity index is 1.59. The molecule has 2 saturated heterocycles. The predicted octanol–water partition coefficient (Wildman–Crippen LogP) is 2.47. The molecule has 2 amide bonds. The standard InChI is InChI=1S/C19H29N3O3/c1-21(13-14-7-8-15(24-2)12-18(14)25-3)19(23)20-16-9-11-22-10-5-4-6-17(16)22/h7-8,12,16-17H,4-6,9-11,13H2,1-3H3,(H,20,23)/t16-,17+/m0/s1. The van der Waals surface area contributed by atoms with E-state index in [1.165, 1.54) is 25.8 Å². The average Bonchev–Trinajstić information content (AvgIpc) is 3.05. The van der Waals surface area contributed by atoms with Gasteiger partial charge in [-0.1, -0.05) is 6.42 Å². The van der Waals surface area contributed by atoms with Crippen molar-refractivity contribution in [3.05, 3.63) is 23.8 Å². The molecule has 0 bridgehead atoms. The van der Waals surface area contributed by atoms with Gasteiger partial charge < -0.3 is 19.7 Å². The first-order valence-electron chi connectivity index (χ1n) is 9.09. The summed E-state index contributed by atoms with van der Waals surface area (Å²) in [5, 5.41) is 3.24. The molecule has 2 aliphatic rings. The summed E-state index contributed by atoms with van der Waals surface area (Å²) >= 11 is 0. The highest BCUT2D eigenvalue weighted by molar-refractivity contribution is 5.74. The predicted molar refractivity (Wildman–Crippen MR) is 97.2 cm³/mol. The second-order valence-corrected chi connectivity index (χ2v) is 6.98. The molecule has 6 nitrogen and oxygen atoms in total. The van der Waals surface area contributed by atoms with Crippen molar-refractivity contribution in [3.8, 4) is 11.5 Å². The Morgan fingerprint density at radius 3 is 2.84 bits per heavy atom. The van der Waals surface area contributed by atoms with Gasteiger partial charge >= 0.3 is 6.03 Å². The molecule has 1 N–H and O–H groups in total. The number of ether oxygens (including phenoxy) is 2. The van der Waals surface area contributed by atoms with Crippen LogP contribution < -0.4 is 14.8 Å². The Morgan fingerprint density at radius 2 is 2.08 bits per heavy atom. The summed E-state index contributed by atoms with van der Waals surface area (Å²) in [5.74, 6) is 1.48. The van der Waals surface area contributed by atoms with E-state index in [1.807, 2.05) is 25.2 Å². The maximum absolute atomic E-state index is 12.6. The van der Waals surface area contributed by atoms with E-state index in [2.05, 4.69) is 10.2 Å². The van der Waals surface area contributed by atoms with E-state index in [-0.39, 0.29) is 12.1 Å². The van der Waals surface area contributed by atoms with Crippen molar-refractivity contribution in [3.63, 3.8) is 0 Å². The first-order valence-corrected chi connectivity index (χ1v) is 9.09. The summed E-state index contributed by atoms with van der Waals surface area (Å²) in [5.41, 5.74) is 0.965. The molecule has 2 atom stereocenters. The van der Waals surface area contributed by atoms with Crippen LogP contribution >= 0.6 is 0 Å². The van der Waals surface area contributed by atoms with Crippen LogP contribution in [0.4, 0.5) is 4.79 Å². The molecule has 0 aromatic heterocycles. The van der Waals surface area contributed by atoms with Gasteiger partial charge in [-0.25, -0.2) is 4.79 Å². The lowest BCUT2D eigenvalue weighted by Gasteiger charge is -2.33. The third kappa shape index (κ3) is 4.00. The van der Waals surface area contributed by atoms with Crippen LogP contribution in [0.25, 0.3) is 0 Å². The number of amides is 2.